The molecule has 0 saturated heterocycles. The number of hydrogen-bond acceptors (Lipinski definition) is 3. The van der Waals surface area contributed by atoms with Crippen molar-refractivity contribution in [3.8, 4) is 0 Å². The van der Waals surface area contributed by atoms with Gasteiger partial charge in [0.05, 0.1) is 0 Å². The van der Waals surface area contributed by atoms with E-state index in [0.717, 1.165) is 23.0 Å². The molecule has 0 fully saturated rings. The van der Waals surface area contributed by atoms with Gasteiger partial charge >= 0.3 is 0 Å². The van der Waals surface area contributed by atoms with E-state index in [1.54, 1.807) is 0 Å². The minimum Gasteiger partial charge on any atom is -0.361 e. The third-order valence-corrected chi connectivity index (χ3v) is 4.28. The van der Waals surface area contributed by atoms with Crippen LogP contribution in [0.15, 0.2) is 30.5 Å². The summed E-state index contributed by atoms with van der Waals surface area (Å²) in [5, 5.41) is 6.86. The Balaban J connectivity index is 2.09. The molecule has 0 bridgehead atoms. The maximum Gasteiger partial charge on any atom is 0.242 e. The Morgan fingerprint density at radius 1 is 1.23 bits per heavy atom. The summed E-state index contributed by atoms with van der Waals surface area (Å²) < 4.78 is 0. The molecule has 3 N–H and O–H groups in total. The topological polar surface area (TPSA) is 77.2 Å². The second kappa shape index (κ2) is 8.36. The Morgan fingerprint density at radius 3 is 2.58 bits per heavy atom. The zero-order valence-electron chi connectivity index (χ0n) is 16.3. The molecule has 0 radical (unpaired) electrons. The second-order valence-electron chi connectivity index (χ2n) is 7.94. The molecule has 1 aromatic heterocycles. The number of aromatic amines is 1. The van der Waals surface area contributed by atoms with Gasteiger partial charge in [-0.3, -0.25) is 9.59 Å². The fourth-order valence-corrected chi connectivity index (χ4v) is 3.34. The lowest BCUT2D eigenvalue weighted by Crippen LogP contribution is -2.50. The van der Waals surface area contributed by atoms with Crippen molar-refractivity contribution in [2.24, 2.45) is 5.41 Å². The Bertz CT molecular complexity index is 764. The highest BCUT2D eigenvalue weighted by Gasteiger charge is 2.25. The van der Waals surface area contributed by atoms with E-state index in [9.17, 15) is 9.59 Å². The average Bonchev–Trinajstić information content (AvgIpc) is 2.94. The summed E-state index contributed by atoms with van der Waals surface area (Å²) in [5.74, 6) is -0.366. The maximum atomic E-state index is 12.7. The fraction of sp³-hybridized carbons (Fsp3) is 0.500. The van der Waals surface area contributed by atoms with E-state index < -0.39 is 6.04 Å². The van der Waals surface area contributed by atoms with E-state index in [0.29, 0.717) is 13.0 Å². The van der Waals surface area contributed by atoms with E-state index in [2.05, 4.69) is 34.4 Å². The molecule has 1 unspecified atom stereocenters. The van der Waals surface area contributed by atoms with Crippen LogP contribution in [0.4, 0.5) is 0 Å². The van der Waals surface area contributed by atoms with Gasteiger partial charge in [-0.25, -0.2) is 0 Å². The lowest BCUT2D eigenvalue weighted by Gasteiger charge is -2.29. The number of fused-ring (bicyclic) bond motifs is 1. The third-order valence-electron chi connectivity index (χ3n) is 4.28. The maximum absolute atomic E-state index is 12.7. The molecule has 0 aliphatic carbocycles. The van der Waals surface area contributed by atoms with E-state index in [-0.39, 0.29) is 17.2 Å². The van der Waals surface area contributed by atoms with Crippen molar-refractivity contribution in [1.82, 2.24) is 20.5 Å². The van der Waals surface area contributed by atoms with Crippen molar-refractivity contribution < 1.29 is 9.59 Å². The quantitative estimate of drug-likeness (QED) is 0.675. The van der Waals surface area contributed by atoms with Crippen molar-refractivity contribution in [2.75, 3.05) is 27.2 Å². The number of hydrogen-bond donors (Lipinski definition) is 3. The smallest absolute Gasteiger partial charge is 0.242 e. The number of benzene rings is 1. The van der Waals surface area contributed by atoms with Gasteiger partial charge in [0, 0.05) is 43.5 Å². The predicted molar refractivity (Wildman–Crippen MR) is 105 cm³/mol. The summed E-state index contributed by atoms with van der Waals surface area (Å²) in [5.41, 5.74) is 1.99. The average molecular weight is 358 g/mol. The van der Waals surface area contributed by atoms with Crippen molar-refractivity contribution >= 4 is 22.7 Å². The zero-order chi connectivity index (χ0) is 19.3. The number of amides is 2. The van der Waals surface area contributed by atoms with Crippen LogP contribution in [0.3, 0.4) is 0 Å². The van der Waals surface area contributed by atoms with Crippen LogP contribution in [-0.2, 0) is 16.0 Å². The largest absolute Gasteiger partial charge is 0.361 e. The van der Waals surface area contributed by atoms with Crippen LogP contribution in [0.25, 0.3) is 10.9 Å². The lowest BCUT2D eigenvalue weighted by molar-refractivity contribution is -0.128. The Hall–Kier alpha value is -2.34. The van der Waals surface area contributed by atoms with Gasteiger partial charge in [0.25, 0.3) is 0 Å². The molecule has 2 rings (SSSR count). The summed E-state index contributed by atoms with van der Waals surface area (Å²) >= 11 is 0. The summed E-state index contributed by atoms with van der Waals surface area (Å²) in [6, 6.07) is 7.35. The molecular weight excluding hydrogens is 328 g/mol. The van der Waals surface area contributed by atoms with Crippen LogP contribution >= 0.6 is 0 Å². The Labute approximate surface area is 155 Å². The van der Waals surface area contributed by atoms with Gasteiger partial charge in [0.15, 0.2) is 0 Å². The lowest BCUT2D eigenvalue weighted by atomic mass is 9.92. The highest BCUT2D eigenvalue weighted by molar-refractivity contribution is 5.89. The Morgan fingerprint density at radius 2 is 1.92 bits per heavy atom. The number of nitrogens with zero attached hydrogens (tertiary/aromatic N) is 1. The summed E-state index contributed by atoms with van der Waals surface area (Å²) in [4.78, 5) is 29.6. The molecule has 1 atom stereocenters. The molecule has 0 aliphatic heterocycles. The predicted octanol–water partition coefficient (Wildman–Crippen LogP) is 1.92. The Kier molecular flexibility index (Phi) is 6.42. The number of H-pyrrole nitrogens is 1. The molecule has 0 saturated carbocycles. The molecule has 0 aliphatic rings. The normalized spacial score (nSPS) is 13.0. The molecule has 6 heteroatoms. The van der Waals surface area contributed by atoms with E-state index in [1.165, 1.54) is 6.92 Å². The van der Waals surface area contributed by atoms with Crippen molar-refractivity contribution in [3.63, 3.8) is 0 Å². The van der Waals surface area contributed by atoms with Gasteiger partial charge in [0.1, 0.15) is 6.04 Å². The number of carbonyl (C=O) groups is 2. The minimum absolute atomic E-state index is 0.0548. The highest BCUT2D eigenvalue weighted by Crippen LogP contribution is 2.19. The van der Waals surface area contributed by atoms with Crippen LogP contribution < -0.4 is 10.6 Å². The first-order chi connectivity index (χ1) is 12.2. The molecule has 2 amide bonds. The molecule has 0 spiro atoms. The van der Waals surface area contributed by atoms with Crippen LogP contribution in [0.5, 0.6) is 0 Å². The summed E-state index contributed by atoms with van der Waals surface area (Å²) in [6.07, 6.45) is 2.35. The third kappa shape index (κ3) is 5.59. The number of nitrogens with one attached hydrogen (secondary N) is 3. The molecule has 2 aromatic rings. The van der Waals surface area contributed by atoms with Crippen LogP contribution in [-0.4, -0.2) is 54.9 Å². The zero-order valence-corrected chi connectivity index (χ0v) is 16.3. The van der Waals surface area contributed by atoms with Gasteiger partial charge < -0.3 is 20.5 Å². The molecular formula is C20H30N4O2. The fourth-order valence-electron chi connectivity index (χ4n) is 3.34. The molecule has 142 valence electrons. The minimum atomic E-state index is -0.595. The molecule has 6 nitrogen and oxygen atoms in total. The van der Waals surface area contributed by atoms with Gasteiger partial charge in [-0.05, 0) is 31.1 Å². The van der Waals surface area contributed by atoms with Gasteiger partial charge in [-0.15, -0.1) is 0 Å². The van der Waals surface area contributed by atoms with Gasteiger partial charge in [-0.1, -0.05) is 32.0 Å². The first-order valence-corrected chi connectivity index (χ1v) is 8.92. The van der Waals surface area contributed by atoms with Gasteiger partial charge in [-0.2, -0.15) is 0 Å². The number of para-hydroxylation sites is 1. The molecule has 1 heterocycles. The van der Waals surface area contributed by atoms with Gasteiger partial charge in [0.2, 0.25) is 11.8 Å². The van der Waals surface area contributed by atoms with E-state index in [1.807, 2.05) is 44.6 Å². The second-order valence-corrected chi connectivity index (χ2v) is 7.94. The first-order valence-electron chi connectivity index (χ1n) is 8.92. The van der Waals surface area contributed by atoms with Crippen molar-refractivity contribution in [1.29, 1.82) is 0 Å². The monoisotopic (exact) mass is 358 g/mol. The first kappa shape index (κ1) is 20.0. The van der Waals surface area contributed by atoms with Crippen LogP contribution in [0, 0.1) is 5.41 Å². The SMILES string of the molecule is CC(=O)NC(Cc1c[nH]c2ccccc12)C(=O)NCC(C)(C)CN(C)C. The van der Waals surface area contributed by atoms with Crippen molar-refractivity contribution in [3.05, 3.63) is 36.0 Å². The van der Waals surface area contributed by atoms with Crippen LogP contribution in [0.2, 0.25) is 0 Å². The van der Waals surface area contributed by atoms with Crippen LogP contribution in [0.1, 0.15) is 26.3 Å². The van der Waals surface area contributed by atoms with E-state index >= 15 is 0 Å². The molecule has 26 heavy (non-hydrogen) atoms. The number of aromatic nitrogens is 1. The number of carbonyl (C=O) groups excluding carboxylic acids is 2. The summed E-state index contributed by atoms with van der Waals surface area (Å²) in [7, 11) is 4.03. The standard InChI is InChI=1S/C20H30N4O2/c1-14(25)23-18(19(26)22-12-20(2,3)13-24(4)5)10-15-11-21-17-9-7-6-8-16(15)17/h6-9,11,18,21H,10,12-13H2,1-5H3,(H,22,26)(H,23,25). The molecule has 1 aromatic carbocycles. The highest BCUT2D eigenvalue weighted by atomic mass is 16.2. The summed E-state index contributed by atoms with van der Waals surface area (Å²) in [6.45, 7) is 7.07. The van der Waals surface area contributed by atoms with E-state index in [4.69, 9.17) is 0 Å². The van der Waals surface area contributed by atoms with Crippen molar-refractivity contribution in [2.45, 2.75) is 33.2 Å². The number of rotatable bonds is 8.